The molecule has 0 saturated heterocycles. The van der Waals surface area contributed by atoms with E-state index in [4.69, 9.17) is 4.74 Å². The molecule has 150 valence electrons. The van der Waals surface area contributed by atoms with Crippen molar-refractivity contribution in [2.24, 2.45) is 0 Å². The molecule has 0 bridgehead atoms. The van der Waals surface area contributed by atoms with E-state index in [9.17, 15) is 18.8 Å². The largest absolute Gasteiger partial charge is 0.466 e. The predicted molar refractivity (Wildman–Crippen MR) is 105 cm³/mol. The first-order valence-electron chi connectivity index (χ1n) is 8.67. The third-order valence-electron chi connectivity index (χ3n) is 3.76. The first kappa shape index (κ1) is 20.3. The molecular formula is C19H17FN4O4S. The van der Waals surface area contributed by atoms with E-state index in [-0.39, 0.29) is 25.4 Å². The van der Waals surface area contributed by atoms with Crippen LogP contribution in [-0.4, -0.2) is 33.0 Å². The van der Waals surface area contributed by atoms with E-state index in [2.05, 4.69) is 15.3 Å². The minimum Gasteiger partial charge on any atom is -0.466 e. The minimum absolute atomic E-state index is 0.0223. The van der Waals surface area contributed by atoms with Crippen LogP contribution in [0.4, 0.5) is 9.52 Å². The fourth-order valence-corrected chi connectivity index (χ4v) is 3.17. The van der Waals surface area contributed by atoms with Gasteiger partial charge in [0.05, 0.1) is 30.7 Å². The summed E-state index contributed by atoms with van der Waals surface area (Å²) >= 11 is 1.17. The molecule has 3 aromatic rings. The third-order valence-corrected chi connectivity index (χ3v) is 4.57. The highest BCUT2D eigenvalue weighted by molar-refractivity contribution is 7.13. The van der Waals surface area contributed by atoms with Gasteiger partial charge >= 0.3 is 5.97 Å². The maximum Gasteiger partial charge on any atom is 0.311 e. The first-order chi connectivity index (χ1) is 13.9. The summed E-state index contributed by atoms with van der Waals surface area (Å²) in [5.41, 5.74) is 1.05. The molecule has 0 fully saturated rings. The van der Waals surface area contributed by atoms with Gasteiger partial charge < -0.3 is 10.1 Å². The van der Waals surface area contributed by atoms with Crippen LogP contribution in [0.15, 0.2) is 46.8 Å². The van der Waals surface area contributed by atoms with Crippen LogP contribution in [0, 0.1) is 5.82 Å². The minimum atomic E-state index is -0.458. The van der Waals surface area contributed by atoms with Crippen molar-refractivity contribution in [2.75, 3.05) is 11.9 Å². The molecule has 1 N–H and O–H groups in total. The monoisotopic (exact) mass is 416 g/mol. The number of nitrogens with one attached hydrogen (secondary N) is 1. The lowest BCUT2D eigenvalue weighted by atomic mass is 10.1. The molecule has 0 atom stereocenters. The van der Waals surface area contributed by atoms with Gasteiger partial charge in [-0.25, -0.2) is 14.4 Å². The number of halogens is 1. The highest BCUT2D eigenvalue weighted by Crippen LogP contribution is 2.17. The van der Waals surface area contributed by atoms with E-state index in [1.807, 2.05) is 0 Å². The van der Waals surface area contributed by atoms with Gasteiger partial charge in [-0.05, 0) is 31.2 Å². The number of esters is 1. The summed E-state index contributed by atoms with van der Waals surface area (Å²) in [6.07, 6.45) is 1.28. The van der Waals surface area contributed by atoms with E-state index in [0.717, 1.165) is 4.57 Å². The Labute approximate surface area is 169 Å². The Morgan fingerprint density at radius 1 is 1.28 bits per heavy atom. The van der Waals surface area contributed by atoms with Gasteiger partial charge in [-0.2, -0.15) is 0 Å². The number of ether oxygens (including phenoxy) is 1. The quantitative estimate of drug-likeness (QED) is 0.593. The van der Waals surface area contributed by atoms with Crippen LogP contribution < -0.4 is 10.9 Å². The van der Waals surface area contributed by atoms with Crippen molar-refractivity contribution >= 4 is 28.3 Å². The summed E-state index contributed by atoms with van der Waals surface area (Å²) in [5.74, 6) is -1.23. The van der Waals surface area contributed by atoms with Crippen molar-refractivity contribution in [3.8, 4) is 11.3 Å². The van der Waals surface area contributed by atoms with Crippen LogP contribution in [0.3, 0.4) is 0 Å². The normalized spacial score (nSPS) is 10.6. The van der Waals surface area contributed by atoms with Crippen molar-refractivity contribution in [3.05, 3.63) is 63.9 Å². The number of carbonyl (C=O) groups is 2. The van der Waals surface area contributed by atoms with E-state index in [0.29, 0.717) is 22.1 Å². The van der Waals surface area contributed by atoms with Gasteiger partial charge in [0.15, 0.2) is 5.13 Å². The zero-order valence-corrected chi connectivity index (χ0v) is 16.2. The highest BCUT2D eigenvalue weighted by Gasteiger charge is 2.12. The number of nitrogens with zero attached hydrogens (tertiary/aromatic N) is 3. The number of aromatic nitrogens is 3. The molecule has 2 heterocycles. The number of rotatable bonds is 7. The summed E-state index contributed by atoms with van der Waals surface area (Å²) in [6.45, 7) is 1.76. The number of thiazole rings is 1. The Bertz CT molecular complexity index is 1080. The molecule has 0 unspecified atom stereocenters. The van der Waals surface area contributed by atoms with Gasteiger partial charge in [0.25, 0.3) is 5.56 Å². The molecule has 3 rings (SSSR count). The van der Waals surface area contributed by atoms with Crippen LogP contribution in [0.2, 0.25) is 0 Å². The molecule has 2 aromatic heterocycles. The molecule has 8 nitrogen and oxygen atoms in total. The second kappa shape index (κ2) is 9.20. The van der Waals surface area contributed by atoms with E-state index in [1.54, 1.807) is 12.3 Å². The van der Waals surface area contributed by atoms with Gasteiger partial charge in [0.2, 0.25) is 5.91 Å². The average molecular weight is 416 g/mol. The maximum atomic E-state index is 13.0. The van der Waals surface area contributed by atoms with Crippen molar-refractivity contribution < 1.29 is 18.7 Å². The van der Waals surface area contributed by atoms with Gasteiger partial charge in [0, 0.05) is 17.0 Å². The molecule has 0 saturated carbocycles. The van der Waals surface area contributed by atoms with Crippen LogP contribution in [-0.2, 0) is 27.3 Å². The second-order valence-electron chi connectivity index (χ2n) is 5.92. The molecule has 1 amide bonds. The number of hydrogen-bond donors (Lipinski definition) is 1. The fraction of sp³-hybridized carbons (Fsp3) is 0.211. The fourth-order valence-electron chi connectivity index (χ4n) is 2.44. The van der Waals surface area contributed by atoms with Crippen molar-refractivity contribution in [1.82, 2.24) is 14.5 Å². The van der Waals surface area contributed by atoms with Crippen molar-refractivity contribution in [2.45, 2.75) is 19.9 Å². The molecule has 10 heteroatoms. The van der Waals surface area contributed by atoms with Gasteiger partial charge in [-0.15, -0.1) is 11.3 Å². The molecule has 0 aliphatic rings. The molecular weight excluding hydrogens is 399 g/mol. The smallest absolute Gasteiger partial charge is 0.311 e. The van der Waals surface area contributed by atoms with Crippen molar-refractivity contribution in [3.63, 3.8) is 0 Å². The lowest BCUT2D eigenvalue weighted by Crippen LogP contribution is -2.27. The number of amides is 1. The molecule has 1 aromatic carbocycles. The summed E-state index contributed by atoms with van der Waals surface area (Å²) < 4.78 is 19.0. The van der Waals surface area contributed by atoms with Crippen LogP contribution in [0.25, 0.3) is 11.3 Å². The SMILES string of the molecule is CCOC(=O)Cc1csc(NC(=O)Cn2cnc(-c3ccc(F)cc3)cc2=O)n1. The van der Waals surface area contributed by atoms with Crippen LogP contribution >= 0.6 is 11.3 Å². The van der Waals surface area contributed by atoms with Crippen LogP contribution in [0.1, 0.15) is 12.6 Å². The standard InChI is InChI=1S/C19H17FN4O4S/c1-2-28-18(27)7-14-10-29-19(22-14)23-16(25)9-24-11-21-15(8-17(24)26)12-3-5-13(20)6-4-12/h3-6,8,10-11H,2,7,9H2,1H3,(H,22,23,25). The first-order valence-corrected chi connectivity index (χ1v) is 9.55. The molecule has 0 aliphatic carbocycles. The second-order valence-corrected chi connectivity index (χ2v) is 6.78. The lowest BCUT2D eigenvalue weighted by Gasteiger charge is -2.06. The zero-order chi connectivity index (χ0) is 20.8. The summed E-state index contributed by atoms with van der Waals surface area (Å²) in [7, 11) is 0. The van der Waals surface area contributed by atoms with Gasteiger partial charge in [-0.3, -0.25) is 19.0 Å². The Kier molecular flexibility index (Phi) is 6.45. The summed E-state index contributed by atoms with van der Waals surface area (Å²) in [4.78, 5) is 44.2. The van der Waals surface area contributed by atoms with Gasteiger partial charge in [-0.1, -0.05) is 0 Å². The Morgan fingerprint density at radius 2 is 2.03 bits per heavy atom. The van der Waals surface area contributed by atoms with E-state index in [1.165, 1.54) is 48.0 Å². The molecule has 0 aliphatic heterocycles. The predicted octanol–water partition coefficient (Wildman–Crippen LogP) is 2.25. The summed E-state index contributed by atoms with van der Waals surface area (Å²) in [6, 6.07) is 6.87. The maximum absolute atomic E-state index is 13.0. The third kappa shape index (κ3) is 5.55. The van der Waals surface area contributed by atoms with E-state index >= 15 is 0 Å². The Balaban J connectivity index is 1.62. The van der Waals surface area contributed by atoms with Gasteiger partial charge in [0.1, 0.15) is 12.4 Å². The van der Waals surface area contributed by atoms with E-state index < -0.39 is 17.4 Å². The molecule has 0 radical (unpaired) electrons. The Hall–Kier alpha value is -3.40. The zero-order valence-electron chi connectivity index (χ0n) is 15.4. The number of anilines is 1. The lowest BCUT2D eigenvalue weighted by molar-refractivity contribution is -0.142. The van der Waals surface area contributed by atoms with Crippen molar-refractivity contribution in [1.29, 1.82) is 0 Å². The summed E-state index contributed by atoms with van der Waals surface area (Å²) in [5, 5.41) is 4.55. The van der Waals surface area contributed by atoms with Crippen LogP contribution in [0.5, 0.6) is 0 Å². The molecule has 29 heavy (non-hydrogen) atoms. The number of benzene rings is 1. The Morgan fingerprint density at radius 3 is 2.72 bits per heavy atom. The highest BCUT2D eigenvalue weighted by atomic mass is 32.1. The number of carbonyl (C=O) groups excluding carboxylic acids is 2. The molecule has 0 spiro atoms. The number of hydrogen-bond acceptors (Lipinski definition) is 7. The topological polar surface area (TPSA) is 103 Å². The average Bonchev–Trinajstić information content (AvgIpc) is 3.10.